The Hall–Kier alpha value is -2.61. The molecule has 1 aliphatic carbocycles. The molecule has 3 rings (SSSR count). The van der Waals surface area contributed by atoms with Crippen LogP contribution in [0.4, 0.5) is 23.2 Å². The van der Waals surface area contributed by atoms with Gasteiger partial charge in [-0.25, -0.2) is 4.39 Å². The zero-order valence-corrected chi connectivity index (χ0v) is 18.1. The van der Waals surface area contributed by atoms with Crippen molar-refractivity contribution in [1.82, 2.24) is 0 Å². The van der Waals surface area contributed by atoms with Gasteiger partial charge in [0, 0.05) is 5.02 Å². The summed E-state index contributed by atoms with van der Waals surface area (Å²) in [5, 5.41) is 2.62. The van der Waals surface area contributed by atoms with E-state index in [1.54, 1.807) is 6.92 Å². The normalized spacial score (nSPS) is 19.7. The molecule has 0 bridgehead atoms. The van der Waals surface area contributed by atoms with E-state index in [1.165, 1.54) is 36.4 Å². The van der Waals surface area contributed by atoms with E-state index < -0.39 is 29.7 Å². The molecule has 0 saturated heterocycles. The molecule has 0 heterocycles. The van der Waals surface area contributed by atoms with Crippen molar-refractivity contribution in [2.45, 2.75) is 38.3 Å². The fraction of sp³-hybridized carbons (Fsp3) is 0.391. The molecule has 32 heavy (non-hydrogen) atoms. The topological polar surface area (TPSA) is 55.4 Å². The van der Waals surface area contributed by atoms with E-state index in [1.807, 2.05) is 0 Å². The number of carbonyl (C=O) groups excluding carboxylic acids is 2. The highest BCUT2D eigenvalue weighted by atomic mass is 35.5. The van der Waals surface area contributed by atoms with Crippen LogP contribution in [0.3, 0.4) is 0 Å². The number of alkyl halides is 3. The SMILES string of the molecule is CCOC(=O)[C@@H]1C[C@H]1c1ccc(F)c(NC(=O)[C@H](c2ccc(Cl)cc2)[C@@H](C)C(F)(F)F)c1. The van der Waals surface area contributed by atoms with Gasteiger partial charge in [-0.05, 0) is 54.7 Å². The molecule has 1 saturated carbocycles. The van der Waals surface area contributed by atoms with Crippen LogP contribution in [0, 0.1) is 17.7 Å². The first kappa shape index (κ1) is 24.0. The van der Waals surface area contributed by atoms with Crippen LogP contribution in [0.1, 0.15) is 43.2 Å². The first-order valence-corrected chi connectivity index (χ1v) is 10.5. The van der Waals surface area contributed by atoms with Gasteiger partial charge in [-0.15, -0.1) is 0 Å². The van der Waals surface area contributed by atoms with E-state index in [0.29, 0.717) is 17.0 Å². The van der Waals surface area contributed by atoms with E-state index >= 15 is 0 Å². The third kappa shape index (κ3) is 5.41. The van der Waals surface area contributed by atoms with Crippen molar-refractivity contribution in [1.29, 1.82) is 0 Å². The van der Waals surface area contributed by atoms with Gasteiger partial charge in [0.05, 0.1) is 30.0 Å². The van der Waals surface area contributed by atoms with Gasteiger partial charge in [0.1, 0.15) is 5.82 Å². The first-order chi connectivity index (χ1) is 15.0. The zero-order chi connectivity index (χ0) is 23.6. The lowest BCUT2D eigenvalue weighted by atomic mass is 9.86. The van der Waals surface area contributed by atoms with Gasteiger partial charge in [0.15, 0.2) is 0 Å². The van der Waals surface area contributed by atoms with Crippen LogP contribution in [-0.2, 0) is 14.3 Å². The predicted molar refractivity (Wildman–Crippen MR) is 112 cm³/mol. The number of rotatable bonds is 7. The third-order valence-electron chi connectivity index (χ3n) is 5.58. The summed E-state index contributed by atoms with van der Waals surface area (Å²) >= 11 is 5.82. The number of ether oxygens (including phenoxy) is 1. The first-order valence-electron chi connectivity index (χ1n) is 10.1. The van der Waals surface area contributed by atoms with E-state index in [2.05, 4.69) is 5.32 Å². The quantitative estimate of drug-likeness (QED) is 0.394. The fourth-order valence-electron chi connectivity index (χ4n) is 3.68. The molecule has 2 aromatic carbocycles. The van der Waals surface area contributed by atoms with Crippen molar-refractivity contribution >= 4 is 29.2 Å². The number of benzene rings is 2. The summed E-state index contributed by atoms with van der Waals surface area (Å²) in [6.45, 7) is 2.84. The number of hydrogen-bond acceptors (Lipinski definition) is 3. The molecule has 4 atom stereocenters. The second kappa shape index (κ2) is 9.48. The monoisotopic (exact) mass is 471 g/mol. The summed E-state index contributed by atoms with van der Waals surface area (Å²) < 4.78 is 59.8. The number of amides is 1. The van der Waals surface area contributed by atoms with Gasteiger partial charge in [0.25, 0.3) is 0 Å². The van der Waals surface area contributed by atoms with Gasteiger partial charge in [-0.3, -0.25) is 9.59 Å². The van der Waals surface area contributed by atoms with Crippen molar-refractivity contribution in [2.24, 2.45) is 11.8 Å². The highest BCUT2D eigenvalue weighted by Crippen LogP contribution is 2.49. The lowest BCUT2D eigenvalue weighted by Crippen LogP contribution is -2.34. The molecule has 0 aromatic heterocycles. The molecular formula is C23H22ClF4NO3. The smallest absolute Gasteiger partial charge is 0.392 e. The highest BCUT2D eigenvalue weighted by molar-refractivity contribution is 6.30. The summed E-state index contributed by atoms with van der Waals surface area (Å²) in [4.78, 5) is 24.8. The molecular weight excluding hydrogens is 450 g/mol. The van der Waals surface area contributed by atoms with Crippen molar-refractivity contribution in [3.63, 3.8) is 0 Å². The summed E-state index contributed by atoms with van der Waals surface area (Å²) in [7, 11) is 0. The third-order valence-corrected chi connectivity index (χ3v) is 5.84. The average Bonchev–Trinajstić information content (AvgIpc) is 3.52. The molecule has 9 heteroatoms. The molecule has 172 valence electrons. The molecule has 0 radical (unpaired) electrons. The molecule has 0 unspecified atom stereocenters. The van der Waals surface area contributed by atoms with E-state index in [9.17, 15) is 27.2 Å². The van der Waals surface area contributed by atoms with Gasteiger partial charge < -0.3 is 10.1 Å². The van der Waals surface area contributed by atoms with Crippen molar-refractivity contribution < 1.29 is 31.9 Å². The van der Waals surface area contributed by atoms with Crippen LogP contribution < -0.4 is 5.32 Å². The summed E-state index contributed by atoms with van der Waals surface area (Å²) in [6, 6.07) is 9.44. The van der Waals surface area contributed by atoms with E-state index in [0.717, 1.165) is 13.0 Å². The lowest BCUT2D eigenvalue weighted by Gasteiger charge is -2.26. The Bertz CT molecular complexity index is 994. The Morgan fingerprint density at radius 3 is 2.44 bits per heavy atom. The molecule has 1 aliphatic rings. The van der Waals surface area contributed by atoms with Crippen LogP contribution in [0.5, 0.6) is 0 Å². The Morgan fingerprint density at radius 2 is 1.84 bits per heavy atom. The van der Waals surface area contributed by atoms with Gasteiger partial charge in [-0.1, -0.05) is 36.7 Å². The van der Waals surface area contributed by atoms with Crippen LogP contribution in [0.25, 0.3) is 0 Å². The van der Waals surface area contributed by atoms with E-state index in [-0.39, 0.29) is 35.7 Å². The number of nitrogens with one attached hydrogen (secondary N) is 1. The minimum absolute atomic E-state index is 0.109. The Morgan fingerprint density at radius 1 is 1.19 bits per heavy atom. The van der Waals surface area contributed by atoms with Crippen LogP contribution >= 0.6 is 11.6 Å². The lowest BCUT2D eigenvalue weighted by molar-refractivity contribution is -0.178. The van der Waals surface area contributed by atoms with E-state index in [4.69, 9.17) is 16.3 Å². The fourth-order valence-corrected chi connectivity index (χ4v) is 3.81. The van der Waals surface area contributed by atoms with Crippen LogP contribution in [0.2, 0.25) is 5.02 Å². The average molecular weight is 472 g/mol. The van der Waals surface area contributed by atoms with Gasteiger partial charge in [-0.2, -0.15) is 13.2 Å². The molecule has 2 aromatic rings. The maximum Gasteiger partial charge on any atom is 0.392 e. The minimum Gasteiger partial charge on any atom is -0.466 e. The van der Waals surface area contributed by atoms with Crippen LogP contribution in [-0.4, -0.2) is 24.7 Å². The molecule has 4 nitrogen and oxygen atoms in total. The Kier molecular flexibility index (Phi) is 7.12. The van der Waals surface area contributed by atoms with Gasteiger partial charge in [0.2, 0.25) is 5.91 Å². The van der Waals surface area contributed by atoms with Crippen molar-refractivity contribution in [3.8, 4) is 0 Å². The summed E-state index contributed by atoms with van der Waals surface area (Å²) in [5.41, 5.74) is 0.472. The number of halogens is 5. The Balaban J connectivity index is 1.84. The van der Waals surface area contributed by atoms with Crippen LogP contribution in [0.15, 0.2) is 42.5 Å². The number of esters is 1. The number of anilines is 1. The number of hydrogen-bond donors (Lipinski definition) is 1. The second-order valence-electron chi connectivity index (χ2n) is 7.79. The summed E-state index contributed by atoms with van der Waals surface area (Å²) in [6.07, 6.45) is -4.13. The molecule has 1 fully saturated rings. The molecule has 1 amide bonds. The van der Waals surface area contributed by atoms with Gasteiger partial charge >= 0.3 is 12.1 Å². The van der Waals surface area contributed by atoms with Crippen molar-refractivity contribution in [2.75, 3.05) is 11.9 Å². The summed E-state index contributed by atoms with van der Waals surface area (Å²) in [5.74, 6) is -6.30. The molecule has 0 spiro atoms. The molecule has 1 N–H and O–H groups in total. The molecule has 0 aliphatic heterocycles. The maximum absolute atomic E-state index is 14.4. The van der Waals surface area contributed by atoms with Crippen molar-refractivity contribution in [3.05, 3.63) is 64.4 Å². The second-order valence-corrected chi connectivity index (χ2v) is 8.23. The maximum atomic E-state index is 14.4. The largest absolute Gasteiger partial charge is 0.466 e. The number of carbonyl (C=O) groups is 2. The zero-order valence-electron chi connectivity index (χ0n) is 17.4. The predicted octanol–water partition coefficient (Wildman–Crippen LogP) is 6.07. The highest BCUT2D eigenvalue weighted by Gasteiger charge is 2.46. The minimum atomic E-state index is -4.65. The Labute approximate surface area is 187 Å². The standard InChI is InChI=1S/C23H22ClF4NO3/c1-3-32-22(31)17-11-16(17)14-6-9-18(25)19(10-14)29-21(30)20(12(2)23(26,27)28)13-4-7-15(24)8-5-13/h4-10,12,16-17,20H,3,11H2,1-2H3,(H,29,30)/t12-,16+,17-,20+/m1/s1.